The summed E-state index contributed by atoms with van der Waals surface area (Å²) in [6, 6.07) is 9.29. The van der Waals surface area contributed by atoms with Crippen molar-refractivity contribution in [3.63, 3.8) is 0 Å². The van der Waals surface area contributed by atoms with Crippen molar-refractivity contribution in [3.05, 3.63) is 51.2 Å². The second kappa shape index (κ2) is 4.71. The lowest BCUT2D eigenvalue weighted by atomic mass is 10.2. The molecule has 0 saturated carbocycles. The Morgan fingerprint density at radius 1 is 1.11 bits per heavy atom. The van der Waals surface area contributed by atoms with Crippen LogP contribution in [0, 0.1) is 0 Å². The van der Waals surface area contributed by atoms with Crippen molar-refractivity contribution in [1.29, 1.82) is 0 Å². The van der Waals surface area contributed by atoms with E-state index in [0.717, 1.165) is 21.2 Å². The number of rotatable bonds is 1. The molecule has 0 unspecified atom stereocenters. The van der Waals surface area contributed by atoms with Crippen molar-refractivity contribution in [1.82, 2.24) is 9.55 Å². The third-order valence-electron chi connectivity index (χ3n) is 2.85. The van der Waals surface area contributed by atoms with Gasteiger partial charge in [0.1, 0.15) is 6.33 Å². The summed E-state index contributed by atoms with van der Waals surface area (Å²) < 4.78 is 2.65. The van der Waals surface area contributed by atoms with E-state index >= 15 is 0 Å². The SMILES string of the molecule is Nc1ccc2c(c1)ncn2-c1ccc(Br)c(Cl)c1Cl. The number of fused-ring (bicyclic) bond motifs is 1. The van der Waals surface area contributed by atoms with Gasteiger partial charge in [-0.05, 0) is 46.3 Å². The highest BCUT2D eigenvalue weighted by Crippen LogP contribution is 2.35. The summed E-state index contributed by atoms with van der Waals surface area (Å²) in [4.78, 5) is 4.32. The first-order valence-electron chi connectivity index (χ1n) is 5.44. The molecule has 6 heteroatoms. The van der Waals surface area contributed by atoms with E-state index in [-0.39, 0.29) is 0 Å². The van der Waals surface area contributed by atoms with Crippen molar-refractivity contribution < 1.29 is 0 Å². The van der Waals surface area contributed by atoms with Gasteiger partial charge in [0.25, 0.3) is 0 Å². The van der Waals surface area contributed by atoms with Gasteiger partial charge in [-0.1, -0.05) is 23.2 Å². The van der Waals surface area contributed by atoms with Gasteiger partial charge in [-0.25, -0.2) is 4.98 Å². The van der Waals surface area contributed by atoms with Crippen LogP contribution in [0.3, 0.4) is 0 Å². The summed E-state index contributed by atoms with van der Waals surface area (Å²) >= 11 is 15.8. The molecular formula is C13H8BrCl2N3. The molecule has 1 heterocycles. The fourth-order valence-corrected chi connectivity index (χ4v) is 2.78. The number of imidazole rings is 1. The molecule has 0 atom stereocenters. The summed E-state index contributed by atoms with van der Waals surface area (Å²) in [7, 11) is 0. The second-order valence-electron chi connectivity index (χ2n) is 4.06. The number of aromatic nitrogens is 2. The first-order chi connectivity index (χ1) is 9.08. The Balaban J connectivity index is 2.28. The van der Waals surface area contributed by atoms with Gasteiger partial charge in [-0.15, -0.1) is 0 Å². The molecular weight excluding hydrogens is 349 g/mol. The van der Waals surface area contributed by atoms with Crippen LogP contribution in [0.1, 0.15) is 0 Å². The molecule has 0 aliphatic heterocycles. The zero-order valence-corrected chi connectivity index (χ0v) is 12.7. The molecule has 0 amide bonds. The molecule has 3 nitrogen and oxygen atoms in total. The van der Waals surface area contributed by atoms with Crippen LogP contribution in [0.2, 0.25) is 10.0 Å². The van der Waals surface area contributed by atoms with Gasteiger partial charge in [-0.2, -0.15) is 0 Å². The van der Waals surface area contributed by atoms with Crippen LogP contribution in [0.4, 0.5) is 5.69 Å². The fourth-order valence-electron chi connectivity index (χ4n) is 1.92. The lowest BCUT2D eigenvalue weighted by Gasteiger charge is -2.09. The molecule has 0 bridgehead atoms. The van der Waals surface area contributed by atoms with Gasteiger partial charge in [0.15, 0.2) is 0 Å². The molecule has 1 aromatic heterocycles. The number of nitrogens with zero attached hydrogens (tertiary/aromatic N) is 2. The smallest absolute Gasteiger partial charge is 0.100 e. The Kier molecular flexibility index (Phi) is 3.17. The van der Waals surface area contributed by atoms with Crippen LogP contribution in [-0.4, -0.2) is 9.55 Å². The quantitative estimate of drug-likeness (QED) is 0.508. The van der Waals surface area contributed by atoms with Crippen molar-refractivity contribution in [2.75, 3.05) is 5.73 Å². The van der Waals surface area contributed by atoms with E-state index in [4.69, 9.17) is 28.9 Å². The van der Waals surface area contributed by atoms with E-state index in [1.807, 2.05) is 34.9 Å². The van der Waals surface area contributed by atoms with Gasteiger partial charge in [0, 0.05) is 10.2 Å². The topological polar surface area (TPSA) is 43.8 Å². The molecule has 0 saturated heterocycles. The maximum atomic E-state index is 6.29. The standard InChI is InChI=1S/C13H8BrCl2N3/c14-8-2-4-11(13(16)12(8)15)19-6-18-9-5-7(17)1-3-10(9)19/h1-6H,17H2. The Morgan fingerprint density at radius 2 is 1.89 bits per heavy atom. The van der Waals surface area contributed by atoms with Crippen LogP contribution < -0.4 is 5.73 Å². The number of nitrogen functional groups attached to an aromatic ring is 1. The van der Waals surface area contributed by atoms with Crippen molar-refractivity contribution >= 4 is 55.9 Å². The molecule has 3 rings (SSSR count). The summed E-state index contributed by atoms with van der Waals surface area (Å²) in [6.45, 7) is 0. The van der Waals surface area contributed by atoms with Crippen LogP contribution in [0.15, 0.2) is 41.1 Å². The van der Waals surface area contributed by atoms with Gasteiger partial charge in [0.05, 0.1) is 26.8 Å². The minimum absolute atomic E-state index is 0.479. The van der Waals surface area contributed by atoms with E-state index in [1.54, 1.807) is 6.33 Å². The molecule has 19 heavy (non-hydrogen) atoms. The average molecular weight is 357 g/mol. The number of benzene rings is 2. The Morgan fingerprint density at radius 3 is 2.68 bits per heavy atom. The normalized spacial score (nSPS) is 11.1. The van der Waals surface area contributed by atoms with Crippen LogP contribution in [-0.2, 0) is 0 Å². The van der Waals surface area contributed by atoms with E-state index < -0.39 is 0 Å². The molecule has 0 radical (unpaired) electrons. The number of halogens is 3. The van der Waals surface area contributed by atoms with Crippen molar-refractivity contribution in [2.24, 2.45) is 0 Å². The maximum Gasteiger partial charge on any atom is 0.100 e. The maximum absolute atomic E-state index is 6.29. The third-order valence-corrected chi connectivity index (χ3v) is 4.61. The number of hydrogen-bond acceptors (Lipinski definition) is 2. The summed E-state index contributed by atoms with van der Waals surface area (Å²) in [5.74, 6) is 0. The highest BCUT2D eigenvalue weighted by molar-refractivity contribution is 9.10. The molecule has 2 N–H and O–H groups in total. The minimum Gasteiger partial charge on any atom is -0.399 e. The van der Waals surface area contributed by atoms with Gasteiger partial charge >= 0.3 is 0 Å². The highest BCUT2D eigenvalue weighted by atomic mass is 79.9. The minimum atomic E-state index is 0.479. The van der Waals surface area contributed by atoms with Crippen LogP contribution >= 0.6 is 39.1 Å². The average Bonchev–Trinajstić information content (AvgIpc) is 2.79. The Hall–Kier alpha value is -1.23. The predicted molar refractivity (Wildman–Crippen MR) is 83.2 cm³/mol. The molecule has 2 aromatic carbocycles. The highest BCUT2D eigenvalue weighted by Gasteiger charge is 2.12. The number of nitrogens with two attached hydrogens (primary N) is 1. The van der Waals surface area contributed by atoms with Crippen molar-refractivity contribution in [3.8, 4) is 5.69 Å². The molecule has 0 aliphatic rings. The monoisotopic (exact) mass is 355 g/mol. The number of anilines is 1. The predicted octanol–water partition coefficient (Wildman–Crippen LogP) is 4.68. The third kappa shape index (κ3) is 2.10. The summed E-state index contributed by atoms with van der Waals surface area (Å²) in [6.07, 6.45) is 1.70. The van der Waals surface area contributed by atoms with Crippen LogP contribution in [0.25, 0.3) is 16.7 Å². The first-order valence-corrected chi connectivity index (χ1v) is 6.99. The van der Waals surface area contributed by atoms with Gasteiger partial charge in [0.2, 0.25) is 0 Å². The number of hydrogen-bond donors (Lipinski definition) is 1. The van der Waals surface area contributed by atoms with E-state index in [9.17, 15) is 0 Å². The van der Waals surface area contributed by atoms with E-state index in [1.165, 1.54) is 0 Å². The molecule has 3 aromatic rings. The van der Waals surface area contributed by atoms with E-state index in [0.29, 0.717) is 15.7 Å². The van der Waals surface area contributed by atoms with Crippen LogP contribution in [0.5, 0.6) is 0 Å². The molecule has 0 spiro atoms. The molecule has 0 aliphatic carbocycles. The van der Waals surface area contributed by atoms with Gasteiger partial charge in [-0.3, -0.25) is 4.57 Å². The lowest BCUT2D eigenvalue weighted by Crippen LogP contribution is -1.94. The summed E-state index contributed by atoms with van der Waals surface area (Å²) in [5, 5.41) is 0.962. The van der Waals surface area contributed by atoms with Crippen molar-refractivity contribution in [2.45, 2.75) is 0 Å². The lowest BCUT2D eigenvalue weighted by molar-refractivity contribution is 1.09. The second-order valence-corrected chi connectivity index (χ2v) is 5.67. The zero-order chi connectivity index (χ0) is 13.6. The first kappa shape index (κ1) is 12.8. The Bertz CT molecular complexity index is 783. The Labute approximate surface area is 128 Å². The molecule has 0 fully saturated rings. The van der Waals surface area contributed by atoms with Gasteiger partial charge < -0.3 is 5.73 Å². The summed E-state index contributed by atoms with van der Waals surface area (Å²) in [5.41, 5.74) is 8.94. The van der Waals surface area contributed by atoms with E-state index in [2.05, 4.69) is 20.9 Å². The zero-order valence-electron chi connectivity index (χ0n) is 9.57. The largest absolute Gasteiger partial charge is 0.399 e. The molecule has 96 valence electrons. The fraction of sp³-hybridized carbons (Fsp3) is 0.